The molecule has 0 bridgehead atoms. The molecule has 1 rings (SSSR count). The van der Waals surface area contributed by atoms with Crippen molar-refractivity contribution in [3.63, 3.8) is 0 Å². The van der Waals surface area contributed by atoms with Crippen LogP contribution in [0.15, 0.2) is 0 Å². The number of amides is 1. The fourth-order valence-corrected chi connectivity index (χ4v) is 2.53. The van der Waals surface area contributed by atoms with Crippen LogP contribution in [-0.2, 0) is 4.79 Å². The van der Waals surface area contributed by atoms with Crippen molar-refractivity contribution in [2.75, 3.05) is 6.54 Å². The zero-order valence-corrected chi connectivity index (χ0v) is 11.0. The van der Waals surface area contributed by atoms with Crippen LogP contribution in [0, 0.1) is 0 Å². The van der Waals surface area contributed by atoms with Crippen molar-refractivity contribution < 1.29 is 4.79 Å². The van der Waals surface area contributed by atoms with E-state index in [1.807, 2.05) is 11.8 Å². The molecule has 1 amide bonds. The van der Waals surface area contributed by atoms with E-state index in [0.29, 0.717) is 6.04 Å². The van der Waals surface area contributed by atoms with Crippen LogP contribution in [0.3, 0.4) is 0 Å². The van der Waals surface area contributed by atoms with Gasteiger partial charge in [0.2, 0.25) is 5.91 Å². The Labute approximate surface area is 99.4 Å². The lowest BCUT2D eigenvalue weighted by molar-refractivity contribution is -0.138. The molecule has 0 saturated carbocycles. The second kappa shape index (κ2) is 5.67. The molecule has 2 atom stereocenters. The van der Waals surface area contributed by atoms with Gasteiger partial charge in [0.15, 0.2) is 0 Å². The van der Waals surface area contributed by atoms with Crippen LogP contribution in [0.4, 0.5) is 0 Å². The molecule has 3 heteroatoms. The van der Waals surface area contributed by atoms with E-state index in [1.165, 1.54) is 12.8 Å². The number of carbonyl (C=O) groups excluding carboxylic acids is 1. The molecule has 1 aliphatic heterocycles. The van der Waals surface area contributed by atoms with E-state index >= 15 is 0 Å². The van der Waals surface area contributed by atoms with E-state index in [0.717, 1.165) is 32.2 Å². The molecule has 0 aromatic carbocycles. The fraction of sp³-hybridized carbons (Fsp3) is 0.923. The monoisotopic (exact) mass is 226 g/mol. The topological polar surface area (TPSA) is 46.3 Å². The minimum Gasteiger partial charge on any atom is -0.338 e. The molecule has 0 radical (unpaired) electrons. The zero-order chi connectivity index (χ0) is 12.2. The maximum absolute atomic E-state index is 12.4. The third-order valence-corrected chi connectivity index (χ3v) is 3.57. The summed E-state index contributed by atoms with van der Waals surface area (Å²) in [6.45, 7) is 6.97. The molecule has 1 aliphatic rings. The van der Waals surface area contributed by atoms with Gasteiger partial charge < -0.3 is 10.6 Å². The average molecular weight is 226 g/mol. The lowest BCUT2D eigenvalue weighted by Crippen LogP contribution is -2.55. The molecule has 16 heavy (non-hydrogen) atoms. The Morgan fingerprint density at radius 3 is 2.75 bits per heavy atom. The van der Waals surface area contributed by atoms with Gasteiger partial charge in [-0.3, -0.25) is 4.79 Å². The third kappa shape index (κ3) is 3.21. The van der Waals surface area contributed by atoms with Crippen LogP contribution in [0.2, 0.25) is 0 Å². The lowest BCUT2D eigenvalue weighted by Gasteiger charge is -2.34. The molecule has 94 valence electrons. The van der Waals surface area contributed by atoms with Crippen LogP contribution >= 0.6 is 0 Å². The lowest BCUT2D eigenvalue weighted by atomic mass is 9.95. The number of likely N-dealkylation sites (tertiary alicyclic amines) is 1. The molecule has 0 aromatic heterocycles. The Bertz CT molecular complexity index is 238. The zero-order valence-electron chi connectivity index (χ0n) is 11.0. The highest BCUT2D eigenvalue weighted by molar-refractivity contribution is 5.85. The summed E-state index contributed by atoms with van der Waals surface area (Å²) < 4.78 is 0. The van der Waals surface area contributed by atoms with Crippen molar-refractivity contribution in [1.29, 1.82) is 0 Å². The summed E-state index contributed by atoms with van der Waals surface area (Å²) in [5, 5.41) is 0. The molecular formula is C13H26N2O. The number of nitrogens with zero attached hydrogens (tertiary/aromatic N) is 1. The van der Waals surface area contributed by atoms with Crippen molar-refractivity contribution in [3.8, 4) is 0 Å². The summed E-state index contributed by atoms with van der Waals surface area (Å²) >= 11 is 0. The fourth-order valence-electron chi connectivity index (χ4n) is 2.53. The van der Waals surface area contributed by atoms with Crippen molar-refractivity contribution in [2.45, 2.75) is 70.9 Å². The van der Waals surface area contributed by atoms with Crippen molar-refractivity contribution >= 4 is 5.91 Å². The van der Waals surface area contributed by atoms with Gasteiger partial charge in [0.05, 0.1) is 5.54 Å². The van der Waals surface area contributed by atoms with Crippen LogP contribution in [0.5, 0.6) is 0 Å². The molecular weight excluding hydrogens is 200 g/mol. The summed E-state index contributed by atoms with van der Waals surface area (Å²) in [6, 6.07) is 0.356. The second-order valence-electron chi connectivity index (χ2n) is 5.36. The summed E-state index contributed by atoms with van der Waals surface area (Å²) in [5.41, 5.74) is 5.45. The minimum absolute atomic E-state index is 0.142. The first-order chi connectivity index (χ1) is 7.49. The highest BCUT2D eigenvalue weighted by Crippen LogP contribution is 2.21. The van der Waals surface area contributed by atoms with Gasteiger partial charge in [-0.15, -0.1) is 0 Å². The van der Waals surface area contributed by atoms with Crippen LogP contribution in [-0.4, -0.2) is 28.9 Å². The number of rotatable bonds is 3. The minimum atomic E-state index is -0.673. The van der Waals surface area contributed by atoms with E-state index in [-0.39, 0.29) is 5.91 Å². The van der Waals surface area contributed by atoms with E-state index < -0.39 is 5.54 Å². The smallest absolute Gasteiger partial charge is 0.242 e. The molecule has 0 spiro atoms. The molecule has 1 saturated heterocycles. The maximum Gasteiger partial charge on any atom is 0.242 e. The van der Waals surface area contributed by atoms with Gasteiger partial charge in [-0.05, 0) is 33.1 Å². The molecule has 1 heterocycles. The Balaban J connectivity index is 2.70. The van der Waals surface area contributed by atoms with Gasteiger partial charge in [0, 0.05) is 12.6 Å². The number of hydrogen-bond donors (Lipinski definition) is 1. The maximum atomic E-state index is 12.4. The summed E-state index contributed by atoms with van der Waals surface area (Å²) in [5.74, 6) is 0.142. The van der Waals surface area contributed by atoms with Gasteiger partial charge in [0.25, 0.3) is 0 Å². The molecule has 2 N–H and O–H groups in total. The summed E-state index contributed by atoms with van der Waals surface area (Å²) in [7, 11) is 0. The predicted molar refractivity (Wildman–Crippen MR) is 67.1 cm³/mol. The predicted octanol–water partition coefficient (Wildman–Crippen LogP) is 2.29. The van der Waals surface area contributed by atoms with E-state index in [9.17, 15) is 4.79 Å². The molecule has 1 fully saturated rings. The van der Waals surface area contributed by atoms with Crippen LogP contribution in [0.25, 0.3) is 0 Å². The first-order valence-corrected chi connectivity index (χ1v) is 6.59. The highest BCUT2D eigenvalue weighted by Gasteiger charge is 2.34. The Kier molecular flexibility index (Phi) is 4.78. The van der Waals surface area contributed by atoms with Crippen LogP contribution in [0.1, 0.15) is 59.3 Å². The molecule has 0 aromatic rings. The Morgan fingerprint density at radius 2 is 2.12 bits per heavy atom. The van der Waals surface area contributed by atoms with Crippen LogP contribution < -0.4 is 5.73 Å². The summed E-state index contributed by atoms with van der Waals surface area (Å²) in [4.78, 5) is 14.4. The van der Waals surface area contributed by atoms with E-state index in [4.69, 9.17) is 5.73 Å². The van der Waals surface area contributed by atoms with Gasteiger partial charge >= 0.3 is 0 Å². The van der Waals surface area contributed by atoms with Crippen molar-refractivity contribution in [3.05, 3.63) is 0 Å². The van der Waals surface area contributed by atoms with E-state index in [1.54, 1.807) is 0 Å². The van der Waals surface area contributed by atoms with Gasteiger partial charge in [0.1, 0.15) is 0 Å². The molecule has 3 nitrogen and oxygen atoms in total. The second-order valence-corrected chi connectivity index (χ2v) is 5.36. The largest absolute Gasteiger partial charge is 0.338 e. The molecule has 0 aliphatic carbocycles. The number of hydrogen-bond acceptors (Lipinski definition) is 2. The van der Waals surface area contributed by atoms with Gasteiger partial charge in [-0.2, -0.15) is 0 Å². The number of carbonyl (C=O) groups is 1. The van der Waals surface area contributed by atoms with E-state index in [2.05, 4.69) is 13.8 Å². The first-order valence-electron chi connectivity index (χ1n) is 6.59. The average Bonchev–Trinajstić information content (AvgIpc) is 2.41. The summed E-state index contributed by atoms with van der Waals surface area (Å²) in [6.07, 6.45) is 6.45. The quantitative estimate of drug-likeness (QED) is 0.802. The Hall–Kier alpha value is -0.570. The number of nitrogens with two attached hydrogens (primary N) is 1. The SMILES string of the molecule is CCCC(C)(N)C(=O)N1CCCCCC1C. The standard InChI is InChI=1S/C13H26N2O/c1-4-9-13(3,14)12(16)15-10-7-5-6-8-11(15)2/h11H,4-10,14H2,1-3H3. The van der Waals surface area contributed by atoms with Crippen molar-refractivity contribution in [2.24, 2.45) is 5.73 Å². The van der Waals surface area contributed by atoms with Gasteiger partial charge in [-0.1, -0.05) is 26.2 Å². The van der Waals surface area contributed by atoms with Crippen molar-refractivity contribution in [1.82, 2.24) is 4.90 Å². The normalized spacial score (nSPS) is 26.0. The highest BCUT2D eigenvalue weighted by atomic mass is 16.2. The Morgan fingerprint density at radius 1 is 1.44 bits per heavy atom. The van der Waals surface area contributed by atoms with Gasteiger partial charge in [-0.25, -0.2) is 0 Å². The third-order valence-electron chi connectivity index (χ3n) is 3.57. The molecule has 2 unspecified atom stereocenters. The first kappa shape index (κ1) is 13.5.